The summed E-state index contributed by atoms with van der Waals surface area (Å²) in [5, 5.41) is 12.3. The molecule has 2 amide bonds. The van der Waals surface area contributed by atoms with E-state index in [0.29, 0.717) is 29.7 Å². The minimum Gasteiger partial charge on any atom is -0.494 e. The molecule has 0 fully saturated rings. The summed E-state index contributed by atoms with van der Waals surface area (Å²) in [6, 6.07) is 23.0. The molecule has 8 nitrogen and oxygen atoms in total. The van der Waals surface area contributed by atoms with Crippen LogP contribution in [0.5, 0.6) is 5.75 Å². The van der Waals surface area contributed by atoms with Gasteiger partial charge in [-0.2, -0.15) is 0 Å². The predicted octanol–water partition coefficient (Wildman–Crippen LogP) is 6.21. The van der Waals surface area contributed by atoms with Gasteiger partial charge in [-0.3, -0.25) is 14.2 Å². The number of halogens is 1. The molecule has 0 spiro atoms. The molecule has 41 heavy (non-hydrogen) atoms. The number of ether oxygens (including phenoxy) is 1. The summed E-state index contributed by atoms with van der Waals surface area (Å²) in [6.45, 7) is 3.65. The molecule has 0 aliphatic carbocycles. The quantitative estimate of drug-likeness (QED) is 0.156. The Balaban J connectivity index is 1.28. The standard InChI is InChI=1S/C31H32BrN5O3S/c1-2-3-19-40-26-16-10-23(11-17-26)30(39)33-20-28-34-35-31(37(28)25-14-12-24(32)13-15-25)41-21-29(38)36-18-6-8-22-7-4-5-9-27(22)36/h4-5,7,9-17H,2-3,6,8,18-21H2,1H3,(H,33,39). The maximum absolute atomic E-state index is 13.3. The van der Waals surface area contributed by atoms with Crippen LogP contribution in [0.3, 0.4) is 0 Å². The molecule has 1 aliphatic heterocycles. The second-order valence-corrected chi connectivity index (χ2v) is 11.5. The Morgan fingerprint density at radius 3 is 2.59 bits per heavy atom. The van der Waals surface area contributed by atoms with Crippen LogP contribution in [0.4, 0.5) is 5.69 Å². The number of thioether (sulfide) groups is 1. The van der Waals surface area contributed by atoms with Gasteiger partial charge in [-0.05, 0) is 79.4 Å². The number of benzene rings is 3. The van der Waals surface area contributed by atoms with Crippen molar-refractivity contribution in [1.29, 1.82) is 0 Å². The number of anilines is 1. The predicted molar refractivity (Wildman–Crippen MR) is 165 cm³/mol. The van der Waals surface area contributed by atoms with Crippen LogP contribution in [0.1, 0.15) is 47.9 Å². The molecule has 212 valence electrons. The van der Waals surface area contributed by atoms with Crippen molar-refractivity contribution >= 4 is 45.2 Å². The highest BCUT2D eigenvalue weighted by molar-refractivity contribution is 9.10. The molecule has 1 N–H and O–H groups in total. The van der Waals surface area contributed by atoms with Crippen LogP contribution in [0.25, 0.3) is 5.69 Å². The maximum atomic E-state index is 13.3. The first-order valence-electron chi connectivity index (χ1n) is 13.8. The van der Waals surface area contributed by atoms with Gasteiger partial charge in [0.2, 0.25) is 5.91 Å². The van der Waals surface area contributed by atoms with Crippen LogP contribution in [-0.4, -0.2) is 45.5 Å². The number of hydrogen-bond acceptors (Lipinski definition) is 6. The topological polar surface area (TPSA) is 89.3 Å². The molecule has 0 bridgehead atoms. The number of aromatic nitrogens is 3. The number of carbonyl (C=O) groups excluding carboxylic acids is 2. The lowest BCUT2D eigenvalue weighted by Gasteiger charge is -2.29. The van der Waals surface area contributed by atoms with Crippen LogP contribution >= 0.6 is 27.7 Å². The summed E-state index contributed by atoms with van der Waals surface area (Å²) in [5.74, 6) is 1.35. The average Bonchev–Trinajstić information content (AvgIpc) is 3.42. The minimum atomic E-state index is -0.219. The lowest BCUT2D eigenvalue weighted by atomic mass is 10.0. The molecular weight excluding hydrogens is 602 g/mol. The Morgan fingerprint density at radius 1 is 1.02 bits per heavy atom. The highest BCUT2D eigenvalue weighted by Gasteiger charge is 2.24. The monoisotopic (exact) mass is 633 g/mol. The third-order valence-corrected chi connectivity index (χ3v) is 8.25. The van der Waals surface area contributed by atoms with Crippen molar-refractivity contribution in [3.8, 4) is 11.4 Å². The molecule has 0 unspecified atom stereocenters. The van der Waals surface area contributed by atoms with Gasteiger partial charge in [0.15, 0.2) is 11.0 Å². The summed E-state index contributed by atoms with van der Waals surface area (Å²) in [6.07, 6.45) is 3.98. The van der Waals surface area contributed by atoms with E-state index in [2.05, 4.69) is 44.4 Å². The highest BCUT2D eigenvalue weighted by atomic mass is 79.9. The average molecular weight is 635 g/mol. The third-order valence-electron chi connectivity index (χ3n) is 6.81. The van der Waals surface area contributed by atoms with Crippen molar-refractivity contribution in [3.63, 3.8) is 0 Å². The number of fused-ring (bicyclic) bond motifs is 1. The molecule has 0 radical (unpaired) electrons. The van der Waals surface area contributed by atoms with Gasteiger partial charge < -0.3 is 15.0 Å². The van der Waals surface area contributed by atoms with Gasteiger partial charge in [-0.1, -0.05) is 59.2 Å². The number of nitrogens with one attached hydrogen (secondary N) is 1. The molecule has 4 aromatic rings. The Hall–Kier alpha value is -3.63. The zero-order valence-electron chi connectivity index (χ0n) is 22.9. The first-order chi connectivity index (χ1) is 20.0. The zero-order valence-corrected chi connectivity index (χ0v) is 25.3. The second kappa shape index (κ2) is 13.8. The molecule has 10 heteroatoms. The smallest absolute Gasteiger partial charge is 0.251 e. The molecule has 0 atom stereocenters. The van der Waals surface area contributed by atoms with Crippen molar-refractivity contribution in [3.05, 3.63) is 94.2 Å². The fourth-order valence-electron chi connectivity index (χ4n) is 4.65. The van der Waals surface area contributed by atoms with Gasteiger partial charge in [0.05, 0.1) is 18.9 Å². The first-order valence-corrected chi connectivity index (χ1v) is 15.5. The number of rotatable bonds is 11. The molecule has 1 aliphatic rings. The molecule has 3 aromatic carbocycles. The summed E-state index contributed by atoms with van der Waals surface area (Å²) >= 11 is 4.83. The van der Waals surface area contributed by atoms with E-state index in [1.165, 1.54) is 17.3 Å². The molecule has 0 saturated heterocycles. The fraction of sp³-hybridized carbons (Fsp3) is 0.290. The number of para-hydroxylation sites is 1. The summed E-state index contributed by atoms with van der Waals surface area (Å²) in [4.78, 5) is 28.1. The van der Waals surface area contributed by atoms with E-state index in [1.54, 1.807) is 24.3 Å². The van der Waals surface area contributed by atoms with Crippen LogP contribution in [0.15, 0.2) is 82.4 Å². The molecule has 2 heterocycles. The largest absolute Gasteiger partial charge is 0.494 e. The van der Waals surface area contributed by atoms with E-state index in [1.807, 2.05) is 51.9 Å². The maximum Gasteiger partial charge on any atom is 0.251 e. The van der Waals surface area contributed by atoms with Crippen LogP contribution in [0, 0.1) is 0 Å². The van der Waals surface area contributed by atoms with E-state index in [-0.39, 0.29) is 24.1 Å². The number of amides is 2. The fourth-order valence-corrected chi connectivity index (χ4v) is 5.76. The van der Waals surface area contributed by atoms with Crippen LogP contribution in [-0.2, 0) is 17.8 Å². The highest BCUT2D eigenvalue weighted by Crippen LogP contribution is 2.29. The summed E-state index contributed by atoms with van der Waals surface area (Å²) in [7, 11) is 0. The van der Waals surface area contributed by atoms with Crippen molar-refractivity contribution < 1.29 is 14.3 Å². The number of carbonyl (C=O) groups is 2. The van der Waals surface area contributed by atoms with Crippen LogP contribution in [0.2, 0.25) is 0 Å². The first kappa shape index (κ1) is 28.9. The van der Waals surface area contributed by atoms with E-state index in [4.69, 9.17) is 4.74 Å². The zero-order chi connectivity index (χ0) is 28.6. The number of aryl methyl sites for hydroxylation is 1. The lowest BCUT2D eigenvalue weighted by Crippen LogP contribution is -2.36. The van der Waals surface area contributed by atoms with Crippen molar-refractivity contribution in [2.75, 3.05) is 23.8 Å². The SMILES string of the molecule is CCCCOc1ccc(C(=O)NCc2nnc(SCC(=O)N3CCCc4ccccc43)n2-c2ccc(Br)cc2)cc1. The number of nitrogens with zero attached hydrogens (tertiary/aromatic N) is 4. The minimum absolute atomic E-state index is 0.0319. The van der Waals surface area contributed by atoms with Crippen molar-refractivity contribution in [1.82, 2.24) is 20.1 Å². The molecule has 5 rings (SSSR count). The Morgan fingerprint density at radius 2 is 1.80 bits per heavy atom. The number of unbranched alkanes of at least 4 members (excludes halogenated alkanes) is 1. The second-order valence-electron chi connectivity index (χ2n) is 9.69. The van der Waals surface area contributed by atoms with Gasteiger partial charge in [0.25, 0.3) is 5.91 Å². The lowest BCUT2D eigenvalue weighted by molar-refractivity contribution is -0.116. The van der Waals surface area contributed by atoms with Gasteiger partial charge >= 0.3 is 0 Å². The van der Waals surface area contributed by atoms with Crippen molar-refractivity contribution in [2.24, 2.45) is 0 Å². The third kappa shape index (κ3) is 7.18. The molecular formula is C31H32BrN5O3S. The van der Waals surface area contributed by atoms with Crippen molar-refractivity contribution in [2.45, 2.75) is 44.3 Å². The molecule has 1 aromatic heterocycles. The Bertz CT molecular complexity index is 1490. The van der Waals surface area contributed by atoms with E-state index < -0.39 is 0 Å². The summed E-state index contributed by atoms with van der Waals surface area (Å²) in [5.41, 5.74) is 3.56. The Kier molecular flexibility index (Phi) is 9.74. The van der Waals surface area contributed by atoms with E-state index in [0.717, 1.165) is 47.3 Å². The van der Waals surface area contributed by atoms with E-state index >= 15 is 0 Å². The Labute approximate surface area is 252 Å². The molecule has 0 saturated carbocycles. The number of hydrogen-bond donors (Lipinski definition) is 1. The van der Waals surface area contributed by atoms with Gasteiger partial charge in [-0.25, -0.2) is 0 Å². The van der Waals surface area contributed by atoms with Crippen LogP contribution < -0.4 is 15.0 Å². The van der Waals surface area contributed by atoms with E-state index in [9.17, 15) is 9.59 Å². The van der Waals surface area contributed by atoms with Gasteiger partial charge in [0.1, 0.15) is 5.75 Å². The summed E-state index contributed by atoms with van der Waals surface area (Å²) < 4.78 is 8.53. The van der Waals surface area contributed by atoms with Gasteiger partial charge in [-0.15, -0.1) is 10.2 Å². The van der Waals surface area contributed by atoms with Gasteiger partial charge in [0, 0.05) is 28.0 Å². The normalized spacial score (nSPS) is 12.6.